The fourth-order valence-electron chi connectivity index (χ4n) is 2.75. The number of hydrogen-bond donors (Lipinski definition) is 0. The Hall–Kier alpha value is -2.24. The molecule has 0 atom stereocenters. The van der Waals surface area contributed by atoms with Gasteiger partial charge in [0.1, 0.15) is 0 Å². The second kappa shape index (κ2) is 9.80. The van der Waals surface area contributed by atoms with Crippen LogP contribution in [0, 0.1) is 0 Å². The largest absolute Gasteiger partial charge is 0.378 e. The van der Waals surface area contributed by atoms with E-state index in [-0.39, 0.29) is 11.6 Å². The predicted molar refractivity (Wildman–Crippen MR) is 122 cm³/mol. The van der Waals surface area contributed by atoms with Crippen LogP contribution in [0.25, 0.3) is 6.08 Å². The van der Waals surface area contributed by atoms with Gasteiger partial charge in [-0.25, -0.2) is 0 Å². The molecular weight excluding hydrogens is 386 g/mol. The van der Waals surface area contributed by atoms with Crippen molar-refractivity contribution in [1.82, 2.24) is 0 Å². The molecule has 0 spiro atoms. The third-order valence-corrected chi connectivity index (χ3v) is 6.93. The summed E-state index contributed by atoms with van der Waals surface area (Å²) in [5, 5.41) is 0. The van der Waals surface area contributed by atoms with Gasteiger partial charge in [0.15, 0.2) is 11.6 Å². The second-order valence-corrected chi connectivity index (χ2v) is 9.06. The fourth-order valence-corrected chi connectivity index (χ4v) is 5.39. The average molecular weight is 410 g/mol. The van der Waals surface area contributed by atoms with Crippen LogP contribution in [0.4, 0.5) is 5.69 Å². The SMILES string of the molecule is CN(C)c1ccc(C=CC(=O)C(C(=O)c2ccccc2)=C2SCCCS2)cc1. The number of benzene rings is 2. The highest BCUT2D eigenvalue weighted by Gasteiger charge is 2.24. The molecule has 1 aliphatic heterocycles. The smallest absolute Gasteiger partial charge is 0.198 e. The molecule has 3 rings (SSSR count). The Balaban J connectivity index is 1.87. The third kappa shape index (κ3) is 5.18. The minimum atomic E-state index is -0.234. The van der Waals surface area contributed by atoms with Crippen LogP contribution in [0.5, 0.6) is 0 Å². The summed E-state index contributed by atoms with van der Waals surface area (Å²) < 4.78 is 0.845. The zero-order chi connectivity index (χ0) is 19.9. The zero-order valence-corrected chi connectivity index (χ0v) is 17.7. The monoisotopic (exact) mass is 409 g/mol. The van der Waals surface area contributed by atoms with Gasteiger partial charge in [-0.2, -0.15) is 0 Å². The Bertz CT molecular complexity index is 892. The van der Waals surface area contributed by atoms with Gasteiger partial charge in [0.25, 0.3) is 0 Å². The lowest BCUT2D eigenvalue weighted by molar-refractivity contribution is -0.111. The number of nitrogens with zero attached hydrogens (tertiary/aromatic N) is 1. The Morgan fingerprint density at radius 2 is 1.57 bits per heavy atom. The second-order valence-electron chi connectivity index (χ2n) is 6.59. The molecule has 0 bridgehead atoms. The Morgan fingerprint density at radius 1 is 0.929 bits per heavy atom. The number of allylic oxidation sites excluding steroid dienone is 2. The molecule has 0 saturated carbocycles. The van der Waals surface area contributed by atoms with Crippen molar-refractivity contribution in [3.8, 4) is 0 Å². The molecule has 5 heteroatoms. The van der Waals surface area contributed by atoms with Gasteiger partial charge in [-0.3, -0.25) is 9.59 Å². The van der Waals surface area contributed by atoms with E-state index in [1.165, 1.54) is 6.08 Å². The Morgan fingerprint density at radius 3 is 2.18 bits per heavy atom. The first kappa shape index (κ1) is 20.5. The molecule has 1 aliphatic rings. The van der Waals surface area contributed by atoms with Crippen LogP contribution in [0.1, 0.15) is 22.3 Å². The first-order chi connectivity index (χ1) is 13.6. The van der Waals surface area contributed by atoms with Crippen molar-refractivity contribution in [2.24, 2.45) is 0 Å². The number of ketones is 2. The van der Waals surface area contributed by atoms with Gasteiger partial charge in [0, 0.05) is 25.3 Å². The van der Waals surface area contributed by atoms with E-state index in [0.717, 1.165) is 33.4 Å². The molecule has 1 heterocycles. The van der Waals surface area contributed by atoms with Gasteiger partial charge in [0.2, 0.25) is 0 Å². The van der Waals surface area contributed by atoms with Crippen LogP contribution in [-0.2, 0) is 4.79 Å². The average Bonchev–Trinajstić information content (AvgIpc) is 2.74. The van der Waals surface area contributed by atoms with Crippen LogP contribution in [0.3, 0.4) is 0 Å². The summed E-state index contributed by atoms with van der Waals surface area (Å²) in [5.74, 6) is 1.45. The topological polar surface area (TPSA) is 37.4 Å². The summed E-state index contributed by atoms with van der Waals surface area (Å²) in [4.78, 5) is 28.1. The van der Waals surface area contributed by atoms with Crippen molar-refractivity contribution in [3.63, 3.8) is 0 Å². The number of Topliss-reactive ketones (excluding diaryl/α,β-unsaturated/α-hetero) is 1. The van der Waals surface area contributed by atoms with Gasteiger partial charge < -0.3 is 4.90 Å². The van der Waals surface area contributed by atoms with E-state index in [9.17, 15) is 9.59 Å². The minimum absolute atomic E-state index is 0.199. The lowest BCUT2D eigenvalue weighted by Gasteiger charge is -2.16. The molecule has 3 nitrogen and oxygen atoms in total. The molecule has 0 unspecified atom stereocenters. The van der Waals surface area contributed by atoms with E-state index in [4.69, 9.17) is 0 Å². The van der Waals surface area contributed by atoms with Crippen LogP contribution in [0.15, 0.2) is 70.5 Å². The van der Waals surface area contributed by atoms with Crippen molar-refractivity contribution < 1.29 is 9.59 Å². The first-order valence-corrected chi connectivity index (χ1v) is 11.1. The number of thioether (sulfide) groups is 2. The van der Waals surface area contributed by atoms with E-state index in [2.05, 4.69) is 0 Å². The summed E-state index contributed by atoms with van der Waals surface area (Å²) in [6.45, 7) is 0. The maximum Gasteiger partial charge on any atom is 0.198 e. The van der Waals surface area contributed by atoms with E-state index in [0.29, 0.717) is 11.1 Å². The van der Waals surface area contributed by atoms with Crippen LogP contribution >= 0.6 is 23.5 Å². The molecule has 2 aromatic carbocycles. The van der Waals surface area contributed by atoms with Gasteiger partial charge in [-0.1, -0.05) is 48.5 Å². The maximum absolute atomic E-state index is 13.1. The minimum Gasteiger partial charge on any atom is -0.378 e. The highest BCUT2D eigenvalue weighted by Crippen LogP contribution is 2.38. The number of carbonyl (C=O) groups is 2. The van der Waals surface area contributed by atoms with E-state index in [1.54, 1.807) is 41.7 Å². The molecule has 28 heavy (non-hydrogen) atoms. The van der Waals surface area contributed by atoms with Crippen molar-refractivity contribution in [2.75, 3.05) is 30.5 Å². The maximum atomic E-state index is 13.1. The number of rotatable bonds is 6. The summed E-state index contributed by atoms with van der Waals surface area (Å²) in [5.41, 5.74) is 2.87. The Kier molecular flexibility index (Phi) is 7.18. The molecule has 0 N–H and O–H groups in total. The quantitative estimate of drug-likeness (QED) is 0.280. The van der Waals surface area contributed by atoms with Crippen molar-refractivity contribution in [3.05, 3.63) is 81.6 Å². The number of hydrogen-bond acceptors (Lipinski definition) is 5. The lowest BCUT2D eigenvalue weighted by atomic mass is 10.0. The molecule has 2 aromatic rings. The summed E-state index contributed by atoms with van der Waals surface area (Å²) in [7, 11) is 3.98. The zero-order valence-electron chi connectivity index (χ0n) is 16.1. The van der Waals surface area contributed by atoms with Gasteiger partial charge in [-0.15, -0.1) is 23.5 Å². The van der Waals surface area contributed by atoms with Crippen LogP contribution < -0.4 is 4.90 Å². The number of carbonyl (C=O) groups excluding carboxylic acids is 2. The van der Waals surface area contributed by atoms with Crippen LogP contribution in [-0.4, -0.2) is 37.2 Å². The van der Waals surface area contributed by atoms with E-state index >= 15 is 0 Å². The van der Waals surface area contributed by atoms with Gasteiger partial charge in [0.05, 0.1) is 9.81 Å². The molecule has 1 saturated heterocycles. The number of anilines is 1. The Labute approximate surface area is 174 Å². The lowest BCUT2D eigenvalue weighted by Crippen LogP contribution is -2.14. The summed E-state index contributed by atoms with van der Waals surface area (Å²) >= 11 is 3.22. The van der Waals surface area contributed by atoms with E-state index in [1.807, 2.05) is 61.5 Å². The normalized spacial score (nSPS) is 14.1. The molecule has 144 valence electrons. The highest BCUT2D eigenvalue weighted by atomic mass is 32.2. The van der Waals surface area contributed by atoms with Gasteiger partial charge >= 0.3 is 0 Å². The predicted octanol–water partition coefficient (Wildman–Crippen LogP) is 5.30. The summed E-state index contributed by atoms with van der Waals surface area (Å²) in [6.07, 6.45) is 4.39. The molecular formula is C23H23NO2S2. The molecule has 0 aromatic heterocycles. The highest BCUT2D eigenvalue weighted by molar-refractivity contribution is 8.22. The fraction of sp³-hybridized carbons (Fsp3) is 0.217. The first-order valence-electron chi connectivity index (χ1n) is 9.15. The van der Waals surface area contributed by atoms with Crippen LogP contribution in [0.2, 0.25) is 0 Å². The van der Waals surface area contributed by atoms with Crippen molar-refractivity contribution in [2.45, 2.75) is 6.42 Å². The third-order valence-electron chi connectivity index (χ3n) is 4.31. The van der Waals surface area contributed by atoms with E-state index < -0.39 is 0 Å². The molecule has 1 fully saturated rings. The molecule has 0 aliphatic carbocycles. The van der Waals surface area contributed by atoms with Crippen molar-refractivity contribution >= 4 is 46.9 Å². The summed E-state index contributed by atoms with van der Waals surface area (Å²) in [6, 6.07) is 17.0. The molecule has 0 amide bonds. The van der Waals surface area contributed by atoms with Crippen molar-refractivity contribution in [1.29, 1.82) is 0 Å². The van der Waals surface area contributed by atoms with Gasteiger partial charge in [-0.05, 0) is 41.7 Å². The standard InChI is InChI=1S/C23H23NO2S2/c1-24(2)19-12-9-17(10-13-19)11-14-20(25)21(23-27-15-6-16-28-23)22(26)18-7-4-3-5-8-18/h3-5,7-14H,6,15-16H2,1-2H3. The molecule has 0 radical (unpaired) electrons.